The molecule has 43 nitrogen and oxygen atoms in total. The van der Waals surface area contributed by atoms with Gasteiger partial charge in [-0.25, -0.2) is 59.3 Å². The Morgan fingerprint density at radius 1 is 0.510 bits per heavy atom. The second kappa shape index (κ2) is 42.5. The van der Waals surface area contributed by atoms with E-state index in [1.54, 1.807) is 90.6 Å². The summed E-state index contributed by atoms with van der Waals surface area (Å²) in [5, 5.41) is 25.8. The maximum Gasteiger partial charge on any atom is 0.408 e. The van der Waals surface area contributed by atoms with E-state index in [4.69, 9.17) is 62.6 Å². The number of aromatic nitrogens is 23. The number of pyridine rings is 4. The van der Waals surface area contributed by atoms with Crippen molar-refractivity contribution in [3.63, 3.8) is 0 Å². The average molecular weight is 2070 g/mol. The minimum absolute atomic E-state index is 0.00518. The summed E-state index contributed by atoms with van der Waals surface area (Å²) in [5.41, 5.74) is 37.0. The number of carbonyl (C=O) groups is 6. The Morgan fingerprint density at radius 3 is 1.45 bits per heavy atom. The number of likely N-dealkylation sites (tertiary alicyclic amines) is 1. The third kappa shape index (κ3) is 23.0. The monoisotopic (exact) mass is 2060 g/mol. The predicted molar refractivity (Wildman–Crippen MR) is 532 cm³/mol. The molecule has 14 aromatic heterocycles. The van der Waals surface area contributed by atoms with Crippen molar-refractivity contribution in [3.05, 3.63) is 138 Å². The minimum Gasteiger partial charge on any atom is -0.491 e. The highest BCUT2D eigenvalue weighted by Crippen LogP contribution is 2.44. The molecule has 0 spiro atoms. The number of halogens is 6. The number of ether oxygens (including phenoxy) is 4. The summed E-state index contributed by atoms with van der Waals surface area (Å²) in [4.78, 5) is 126. The molecule has 147 heavy (non-hydrogen) atoms. The van der Waals surface area contributed by atoms with Crippen molar-refractivity contribution in [3.8, 4) is 125 Å². The second-order valence-corrected chi connectivity index (χ2v) is 39.7. The number of carbonyl (C=O) groups excluding carboxylic acids is 6. The lowest BCUT2D eigenvalue weighted by Gasteiger charge is -2.23. The highest BCUT2D eigenvalue weighted by Gasteiger charge is 2.41. The summed E-state index contributed by atoms with van der Waals surface area (Å²) in [6, 6.07) is 11.4. The fourth-order valence-corrected chi connectivity index (χ4v) is 20.1. The summed E-state index contributed by atoms with van der Waals surface area (Å²) in [5.74, 6) is 4.84. The lowest BCUT2D eigenvalue weighted by atomic mass is 9.98. The number of anilines is 4. The van der Waals surface area contributed by atoms with Gasteiger partial charge < -0.3 is 85.9 Å². The molecule has 51 heteroatoms. The van der Waals surface area contributed by atoms with Crippen LogP contribution in [0.1, 0.15) is 129 Å². The maximum absolute atomic E-state index is 13.0. The zero-order valence-electron chi connectivity index (χ0n) is 82.3. The van der Waals surface area contributed by atoms with Gasteiger partial charge in [-0.05, 0) is 97.8 Å². The largest absolute Gasteiger partial charge is 0.491 e. The number of nitrogens with one attached hydrogen (secondary N) is 2. The molecule has 3 fully saturated rings. The molecule has 3 saturated heterocycles. The number of alkyl halides is 6. The normalized spacial score (nSPS) is 16.7. The van der Waals surface area contributed by atoms with Crippen LogP contribution in [0.5, 0.6) is 23.0 Å². The molecule has 0 bridgehead atoms. The van der Waals surface area contributed by atoms with Crippen LogP contribution < -0.4 is 68.0 Å². The highest BCUT2D eigenvalue weighted by atomic mass is 32.1. The Bertz CT molecular complexity index is 7210. The van der Waals surface area contributed by atoms with Gasteiger partial charge in [-0.3, -0.25) is 48.3 Å². The van der Waals surface area contributed by atoms with E-state index >= 15 is 0 Å². The Balaban J connectivity index is 0.000000126. The third-order valence-corrected chi connectivity index (χ3v) is 27.6. The number of imidazole rings is 4. The molecule has 774 valence electrons. The molecule has 21 rings (SSSR count). The molecule has 7 aliphatic rings. The molecule has 0 aliphatic carbocycles. The number of rotatable bonds is 21. The number of nitrogens with zero attached hydrogens (tertiary/aromatic N) is 26. The number of fused-ring (bicyclic) bond motifs is 12. The SMILES string of the molecule is CC(C)n1nccc1-c1cn2c(n1)-c1cnc(C[C@@H](C)C(N)=O)cc1OCC2.CC(C)n1nccc1-c1cn2c(n1)-c1cnc(NCC(N)=O)cc1OCC2.Cc1nc(-c2cn3c(n2)-c2cnc(N4CCC[C@H]4C(N)=O)cc2OCC3)n(CC(F)(F)F)n1.Cc1nc(NC(=O)N2CC[C@@H](C)[C@H]2C(N)=O)sc1-c1csc(C(C)(C)C)n1.NC(=O)[C@@H]1CCCN1c1cc2c(cn1)-c1nc(-c3ccnn3CC(F)(F)F)cn1CCO2. The van der Waals surface area contributed by atoms with E-state index in [0.29, 0.717) is 160 Å². The van der Waals surface area contributed by atoms with E-state index in [-0.39, 0.29) is 70.9 Å². The van der Waals surface area contributed by atoms with Crippen molar-refractivity contribution in [1.82, 2.24) is 117 Å². The van der Waals surface area contributed by atoms with Crippen molar-refractivity contribution in [2.24, 2.45) is 40.5 Å². The summed E-state index contributed by atoms with van der Waals surface area (Å²) < 4.78 is 115. The number of thiazole rings is 2. The number of amides is 7. The maximum atomic E-state index is 13.0. The molecule has 0 aromatic carbocycles. The van der Waals surface area contributed by atoms with Crippen LogP contribution in [0.15, 0.2) is 116 Å². The van der Waals surface area contributed by atoms with E-state index in [1.807, 2.05) is 73.6 Å². The molecule has 7 amide bonds. The number of urea groups is 1. The van der Waals surface area contributed by atoms with Crippen LogP contribution in [0.25, 0.3) is 102 Å². The van der Waals surface area contributed by atoms with Crippen LogP contribution in [-0.4, -0.2) is 236 Å². The van der Waals surface area contributed by atoms with Gasteiger partial charge in [-0.1, -0.05) is 46.0 Å². The van der Waals surface area contributed by atoms with E-state index in [0.717, 1.165) is 107 Å². The van der Waals surface area contributed by atoms with Gasteiger partial charge in [0.15, 0.2) is 11.0 Å². The van der Waals surface area contributed by atoms with Gasteiger partial charge in [0.2, 0.25) is 29.5 Å². The van der Waals surface area contributed by atoms with Gasteiger partial charge in [0, 0.05) is 153 Å². The van der Waals surface area contributed by atoms with Crippen LogP contribution >= 0.6 is 22.7 Å². The van der Waals surface area contributed by atoms with Crippen molar-refractivity contribution >= 4 is 80.8 Å². The number of primary amides is 5. The molecule has 0 unspecified atom stereocenters. The quantitative estimate of drug-likeness (QED) is 0.0329. The van der Waals surface area contributed by atoms with Gasteiger partial charge in [-0.15, -0.1) is 11.3 Å². The fourth-order valence-electron chi connectivity index (χ4n) is 18.2. The van der Waals surface area contributed by atoms with Crippen LogP contribution in [0.3, 0.4) is 0 Å². The Hall–Kier alpha value is -15.7. The summed E-state index contributed by atoms with van der Waals surface area (Å²) >= 11 is 3.02. The Morgan fingerprint density at radius 2 is 0.973 bits per heavy atom. The fraction of sp³-hybridized carbons (Fsp3) is 0.427. The molecule has 21 heterocycles. The zero-order valence-corrected chi connectivity index (χ0v) is 84.0. The molecular weight excluding hydrogens is 1950 g/mol. The minimum atomic E-state index is -4.44. The molecule has 12 N–H and O–H groups in total. The van der Waals surface area contributed by atoms with Crippen LogP contribution in [0, 0.1) is 25.7 Å². The first-order chi connectivity index (χ1) is 70.0. The van der Waals surface area contributed by atoms with Gasteiger partial charge in [0.25, 0.3) is 0 Å². The van der Waals surface area contributed by atoms with Crippen molar-refractivity contribution in [2.75, 3.05) is 73.0 Å². The van der Waals surface area contributed by atoms with E-state index in [9.17, 15) is 55.1 Å². The van der Waals surface area contributed by atoms with Crippen LogP contribution in [0.4, 0.5) is 53.7 Å². The summed E-state index contributed by atoms with van der Waals surface area (Å²) in [7, 11) is 0. The summed E-state index contributed by atoms with van der Waals surface area (Å²) in [6.07, 6.45) is 14.4. The Labute approximate surface area is 846 Å². The van der Waals surface area contributed by atoms with E-state index in [1.165, 1.54) is 35.4 Å². The number of aryl methyl sites for hydroxylation is 2. The smallest absolute Gasteiger partial charge is 0.408 e. The van der Waals surface area contributed by atoms with Crippen molar-refractivity contribution < 1.29 is 74.1 Å². The zero-order chi connectivity index (χ0) is 105. The lowest BCUT2D eigenvalue weighted by Crippen LogP contribution is -2.47. The average Bonchev–Trinajstić information content (AvgIpc) is 1.63. The molecule has 0 radical (unpaired) electrons. The Kier molecular flexibility index (Phi) is 29.7. The first-order valence-corrected chi connectivity index (χ1v) is 49.4. The molecule has 0 saturated carbocycles. The molecule has 5 atom stereocenters. The molecular formula is C96H111F6N33O10S2. The van der Waals surface area contributed by atoms with Crippen molar-refractivity contribution in [2.45, 2.75) is 202 Å². The third-order valence-electron chi connectivity index (χ3n) is 25.2. The van der Waals surface area contributed by atoms with Gasteiger partial charge in [0.1, 0.15) is 150 Å². The lowest BCUT2D eigenvalue weighted by molar-refractivity contribution is -0.143. The van der Waals surface area contributed by atoms with Crippen molar-refractivity contribution in [1.29, 1.82) is 0 Å². The topological polar surface area (TPSA) is 536 Å². The molecule has 7 aliphatic heterocycles. The molecule has 14 aromatic rings. The van der Waals surface area contributed by atoms with Gasteiger partial charge in [0.05, 0.1) is 93.3 Å². The van der Waals surface area contributed by atoms with Gasteiger partial charge >= 0.3 is 18.4 Å². The van der Waals surface area contributed by atoms with Crippen LogP contribution in [0.2, 0.25) is 0 Å². The first-order valence-electron chi connectivity index (χ1n) is 47.7. The summed E-state index contributed by atoms with van der Waals surface area (Å²) in [6.45, 7) is 25.3. The highest BCUT2D eigenvalue weighted by molar-refractivity contribution is 7.19. The number of hydrogen-bond acceptors (Lipinski definition) is 30. The van der Waals surface area contributed by atoms with Crippen LogP contribution in [-0.2, 0) is 75.1 Å². The second-order valence-electron chi connectivity index (χ2n) is 37.8. The van der Waals surface area contributed by atoms with E-state index < -0.39 is 67.2 Å². The van der Waals surface area contributed by atoms with Gasteiger partial charge in [-0.2, -0.15) is 46.7 Å². The predicted octanol–water partition coefficient (Wildman–Crippen LogP) is 11.9. The van der Waals surface area contributed by atoms with E-state index in [2.05, 4.69) is 129 Å². The first kappa shape index (κ1) is 103. The standard InChI is InChI=1S/C20H21F3N8O2.C20H20F3N7O2.C20H24N6O2.C18H21N7O2.C18H25N5O2S2/c1-11-26-19(31(28-11)10-20(21,22)23)13-9-29-5-6-33-15-7-16(25-8-12(15)18(29)27-13)30-4-2-3-14(30)17(24)32;21-20(22,23)11-30-14(3-4-26-30)13-10-28-6-7-32-16-8-17(25-9-12(16)19(28)27-13)29-5-1-2-15(29)18(24)31;1-12(2)26-17(4-5-23-26)16-11-25-6-7-28-18-9-14(8-13(3)19(21)27)22-10-15(18)20(25)24-16;1-11(2)25-14(3-4-22-25)13-10-24-5-6-27-15-7-17(21-9-16(19)26)20-8-12(15)18(24)23-13;1-9-6-7-23(12(9)14(19)24)17(25)22-16-20-10(2)13(27-16)11-8-26-15(21-11)18(3,4)5/h7-9,14H,2-6,10H2,1H3,(H2,24,32);3-4,8-10,15H,1-2,5-7,11H2,(H2,24,31);4-5,9-13H,6-8H2,1-3H3,(H2,21,27);3-4,7-8,10-11H,5-6,9H2,1-2H3,(H2,19,26)(H,20,21);8-9,12H,6-7H2,1-5H3,(H2,19,24)(H,20,22,25)/t14-;15-;13-;;9-,12+/m001.1/s1. The number of hydrogen-bond donors (Lipinski definition) is 7. The number of nitrogens with two attached hydrogens (primary N) is 5.